The summed E-state index contributed by atoms with van der Waals surface area (Å²) >= 11 is 6.00. The number of piperidine rings is 1. The zero-order valence-corrected chi connectivity index (χ0v) is 13.7. The van der Waals surface area contributed by atoms with Crippen molar-refractivity contribution in [1.29, 1.82) is 0 Å². The summed E-state index contributed by atoms with van der Waals surface area (Å²) in [5.74, 6) is -0.498. The first-order valence-corrected chi connectivity index (χ1v) is 9.01. The number of amides is 1. The molecule has 0 aliphatic carbocycles. The maximum atomic E-state index is 12.7. The summed E-state index contributed by atoms with van der Waals surface area (Å²) in [5.41, 5.74) is 5.36. The van der Waals surface area contributed by atoms with Crippen LogP contribution in [0.4, 0.5) is 0 Å². The molecule has 1 aromatic carbocycles. The van der Waals surface area contributed by atoms with Crippen LogP contribution in [-0.2, 0) is 14.8 Å². The number of halogens is 1. The summed E-state index contributed by atoms with van der Waals surface area (Å²) in [7, 11) is -3.68. The van der Waals surface area contributed by atoms with Gasteiger partial charge in [0.15, 0.2) is 0 Å². The Morgan fingerprint density at radius 2 is 2.14 bits per heavy atom. The van der Waals surface area contributed by atoms with Crippen LogP contribution in [0.1, 0.15) is 12.8 Å². The highest BCUT2D eigenvalue weighted by Gasteiger charge is 2.34. The molecule has 1 atom stereocenters. The molecule has 3 N–H and O–H groups in total. The van der Waals surface area contributed by atoms with Crippen LogP contribution in [0.3, 0.4) is 0 Å². The third-order valence-corrected chi connectivity index (χ3v) is 6.02. The molecule has 2 rings (SSSR count). The van der Waals surface area contributed by atoms with Crippen LogP contribution < -0.4 is 11.1 Å². The zero-order valence-electron chi connectivity index (χ0n) is 12.2. The molecule has 1 aromatic rings. The Kier molecular flexibility index (Phi) is 5.80. The largest absolute Gasteiger partial charge is 0.355 e. The van der Waals surface area contributed by atoms with Gasteiger partial charge in [0.05, 0.1) is 10.9 Å². The number of nitrogens with one attached hydrogen (secondary N) is 1. The average Bonchev–Trinajstić information content (AvgIpc) is 2.53. The van der Waals surface area contributed by atoms with E-state index >= 15 is 0 Å². The third-order valence-electron chi connectivity index (χ3n) is 3.65. The van der Waals surface area contributed by atoms with E-state index in [-0.39, 0.29) is 28.3 Å². The van der Waals surface area contributed by atoms with Gasteiger partial charge < -0.3 is 11.1 Å². The van der Waals surface area contributed by atoms with Crippen molar-refractivity contribution in [3.63, 3.8) is 0 Å². The second kappa shape index (κ2) is 7.41. The molecule has 1 aliphatic rings. The van der Waals surface area contributed by atoms with Gasteiger partial charge in [0.2, 0.25) is 15.9 Å². The Labute approximate surface area is 135 Å². The van der Waals surface area contributed by atoms with Crippen molar-refractivity contribution in [1.82, 2.24) is 9.62 Å². The normalized spacial score (nSPS) is 19.8. The van der Waals surface area contributed by atoms with E-state index in [4.69, 9.17) is 17.3 Å². The van der Waals surface area contributed by atoms with Crippen LogP contribution in [-0.4, -0.2) is 44.8 Å². The van der Waals surface area contributed by atoms with E-state index in [1.54, 1.807) is 18.2 Å². The van der Waals surface area contributed by atoms with Gasteiger partial charge in [0, 0.05) is 26.2 Å². The molecule has 1 heterocycles. The van der Waals surface area contributed by atoms with Crippen LogP contribution in [0.15, 0.2) is 29.2 Å². The third kappa shape index (κ3) is 3.78. The molecule has 22 heavy (non-hydrogen) atoms. The summed E-state index contributed by atoms with van der Waals surface area (Å²) in [6, 6.07) is 6.34. The van der Waals surface area contributed by atoms with E-state index in [2.05, 4.69) is 5.32 Å². The number of carbonyl (C=O) groups is 1. The molecular weight excluding hydrogens is 326 g/mol. The standard InChI is InChI=1S/C14H20ClN3O3S/c15-12-5-1-2-6-13(12)22(20,21)18-9-3-4-11(10-18)14(19)17-8-7-16/h1-2,5-6,11H,3-4,7-10,16H2,(H,17,19). The van der Waals surface area contributed by atoms with E-state index in [1.807, 2.05) is 0 Å². The lowest BCUT2D eigenvalue weighted by atomic mass is 9.99. The van der Waals surface area contributed by atoms with E-state index in [0.717, 1.165) is 0 Å². The summed E-state index contributed by atoms with van der Waals surface area (Å²) in [6.45, 7) is 1.32. The van der Waals surface area contributed by atoms with Crippen molar-refractivity contribution in [2.24, 2.45) is 11.7 Å². The molecule has 0 aromatic heterocycles. The van der Waals surface area contributed by atoms with Gasteiger partial charge in [-0.05, 0) is 25.0 Å². The lowest BCUT2D eigenvalue weighted by molar-refractivity contribution is -0.126. The molecule has 6 nitrogen and oxygen atoms in total. The van der Waals surface area contributed by atoms with Gasteiger partial charge in [-0.1, -0.05) is 23.7 Å². The molecule has 0 radical (unpaired) electrons. The molecule has 1 saturated heterocycles. The smallest absolute Gasteiger partial charge is 0.244 e. The monoisotopic (exact) mass is 345 g/mol. The predicted molar refractivity (Wildman–Crippen MR) is 85.0 cm³/mol. The summed E-state index contributed by atoms with van der Waals surface area (Å²) in [6.07, 6.45) is 1.31. The topological polar surface area (TPSA) is 92.5 Å². The highest BCUT2D eigenvalue weighted by atomic mass is 35.5. The number of rotatable bonds is 5. The van der Waals surface area contributed by atoms with E-state index in [1.165, 1.54) is 10.4 Å². The number of sulfonamides is 1. The predicted octanol–water partition coefficient (Wildman–Crippen LogP) is 0.816. The van der Waals surface area contributed by atoms with Crippen LogP contribution >= 0.6 is 11.6 Å². The second-order valence-corrected chi connectivity index (χ2v) is 7.53. The highest BCUT2D eigenvalue weighted by Crippen LogP contribution is 2.28. The fourth-order valence-corrected chi connectivity index (χ4v) is 4.52. The Hall–Kier alpha value is -1.15. The Bertz CT molecular complexity index is 636. The van der Waals surface area contributed by atoms with Crippen LogP contribution in [0, 0.1) is 5.92 Å². The average molecular weight is 346 g/mol. The molecule has 122 valence electrons. The van der Waals surface area contributed by atoms with E-state index in [0.29, 0.717) is 32.5 Å². The minimum Gasteiger partial charge on any atom is -0.355 e. The SMILES string of the molecule is NCCNC(=O)C1CCCN(S(=O)(=O)c2ccccc2Cl)C1. The van der Waals surface area contributed by atoms with Crippen molar-refractivity contribution < 1.29 is 13.2 Å². The molecule has 0 saturated carbocycles. The lowest BCUT2D eigenvalue weighted by Crippen LogP contribution is -2.46. The van der Waals surface area contributed by atoms with Gasteiger partial charge in [-0.15, -0.1) is 0 Å². The Morgan fingerprint density at radius 1 is 1.41 bits per heavy atom. The summed E-state index contributed by atoms with van der Waals surface area (Å²) in [5, 5.41) is 2.91. The lowest BCUT2D eigenvalue weighted by Gasteiger charge is -2.31. The number of hydrogen-bond donors (Lipinski definition) is 2. The Morgan fingerprint density at radius 3 is 2.82 bits per heavy atom. The van der Waals surface area contributed by atoms with Crippen molar-refractivity contribution in [2.45, 2.75) is 17.7 Å². The molecule has 1 fully saturated rings. The first-order valence-electron chi connectivity index (χ1n) is 7.19. The first-order chi connectivity index (χ1) is 10.5. The minimum absolute atomic E-state index is 0.0830. The fraction of sp³-hybridized carbons (Fsp3) is 0.500. The molecule has 1 amide bonds. The molecule has 1 aliphatic heterocycles. The molecule has 1 unspecified atom stereocenters. The number of nitrogens with two attached hydrogens (primary N) is 1. The molecule has 0 spiro atoms. The summed E-state index contributed by atoms with van der Waals surface area (Å²) in [4.78, 5) is 12.1. The fourth-order valence-electron chi connectivity index (χ4n) is 2.51. The zero-order chi connectivity index (χ0) is 16.2. The van der Waals surface area contributed by atoms with Crippen molar-refractivity contribution in [2.75, 3.05) is 26.2 Å². The van der Waals surface area contributed by atoms with E-state index < -0.39 is 10.0 Å². The molecule has 8 heteroatoms. The van der Waals surface area contributed by atoms with Crippen molar-refractivity contribution >= 4 is 27.5 Å². The van der Waals surface area contributed by atoms with Crippen LogP contribution in [0.2, 0.25) is 5.02 Å². The van der Waals surface area contributed by atoms with Gasteiger partial charge in [-0.2, -0.15) is 4.31 Å². The number of carbonyl (C=O) groups excluding carboxylic acids is 1. The highest BCUT2D eigenvalue weighted by molar-refractivity contribution is 7.89. The van der Waals surface area contributed by atoms with Crippen LogP contribution in [0.25, 0.3) is 0 Å². The van der Waals surface area contributed by atoms with Crippen molar-refractivity contribution in [3.8, 4) is 0 Å². The number of nitrogens with zero attached hydrogens (tertiary/aromatic N) is 1. The maximum absolute atomic E-state index is 12.7. The maximum Gasteiger partial charge on any atom is 0.244 e. The molecular formula is C14H20ClN3O3S. The van der Waals surface area contributed by atoms with E-state index in [9.17, 15) is 13.2 Å². The van der Waals surface area contributed by atoms with Gasteiger partial charge in [0.1, 0.15) is 4.90 Å². The minimum atomic E-state index is -3.68. The van der Waals surface area contributed by atoms with Crippen LogP contribution in [0.5, 0.6) is 0 Å². The van der Waals surface area contributed by atoms with Gasteiger partial charge in [0.25, 0.3) is 0 Å². The first kappa shape index (κ1) is 17.2. The number of hydrogen-bond acceptors (Lipinski definition) is 4. The summed E-state index contributed by atoms with van der Waals surface area (Å²) < 4.78 is 26.7. The van der Waals surface area contributed by atoms with Crippen molar-refractivity contribution in [3.05, 3.63) is 29.3 Å². The van der Waals surface area contributed by atoms with Gasteiger partial charge in [-0.3, -0.25) is 4.79 Å². The Balaban J connectivity index is 2.15. The van der Waals surface area contributed by atoms with Gasteiger partial charge >= 0.3 is 0 Å². The van der Waals surface area contributed by atoms with Gasteiger partial charge in [-0.25, -0.2) is 8.42 Å². The second-order valence-electron chi connectivity index (χ2n) is 5.21. The number of benzene rings is 1. The quantitative estimate of drug-likeness (QED) is 0.826. The molecule has 0 bridgehead atoms.